The molecule has 1 atom stereocenters. The third-order valence-corrected chi connectivity index (χ3v) is 3.75. The minimum atomic E-state index is -4.40. The van der Waals surface area contributed by atoms with Crippen LogP contribution in [0.25, 0.3) is 0 Å². The molecule has 0 N–H and O–H groups in total. The van der Waals surface area contributed by atoms with Crippen LogP contribution in [0, 0.1) is 0 Å². The van der Waals surface area contributed by atoms with Crippen LogP contribution in [0.2, 0.25) is 0 Å². The van der Waals surface area contributed by atoms with Crippen LogP contribution < -0.4 is 0 Å². The van der Waals surface area contributed by atoms with Crippen molar-refractivity contribution < 1.29 is 17.9 Å². The number of hydrogen-bond donors (Lipinski definition) is 0. The van der Waals surface area contributed by atoms with Crippen LogP contribution in [0.5, 0.6) is 0 Å². The Kier molecular flexibility index (Phi) is 4.31. The number of pyridine rings is 1. The third-order valence-electron chi connectivity index (χ3n) is 3.75. The number of aromatic nitrogens is 4. The number of morpholine rings is 1. The van der Waals surface area contributed by atoms with Crippen LogP contribution in [0.15, 0.2) is 24.7 Å². The molecular weight excluding hydrogens is 311 g/mol. The van der Waals surface area contributed by atoms with E-state index >= 15 is 0 Å². The molecule has 124 valence electrons. The summed E-state index contributed by atoms with van der Waals surface area (Å²) < 4.78 is 46.6. The zero-order valence-electron chi connectivity index (χ0n) is 12.5. The number of rotatable bonds is 3. The largest absolute Gasteiger partial charge is 0.418 e. The molecule has 9 heteroatoms. The topological polar surface area (TPSA) is 56.1 Å². The predicted octanol–water partition coefficient (Wildman–Crippen LogP) is 1.80. The highest BCUT2D eigenvalue weighted by Crippen LogP contribution is 2.32. The van der Waals surface area contributed by atoms with Gasteiger partial charge < -0.3 is 9.30 Å². The van der Waals surface area contributed by atoms with Gasteiger partial charge in [0.15, 0.2) is 5.82 Å². The van der Waals surface area contributed by atoms with Crippen LogP contribution in [0.1, 0.15) is 23.2 Å². The molecule has 0 aromatic carbocycles. The van der Waals surface area contributed by atoms with E-state index in [0.29, 0.717) is 25.5 Å². The molecule has 1 saturated heterocycles. The SMILES string of the molecule is Cn1cnnc1[C@@H]1CN(Cc2ncccc2C(F)(F)F)CCO1. The third kappa shape index (κ3) is 3.50. The molecule has 0 amide bonds. The summed E-state index contributed by atoms with van der Waals surface area (Å²) in [6.07, 6.45) is -1.77. The highest BCUT2D eigenvalue weighted by molar-refractivity contribution is 5.23. The van der Waals surface area contributed by atoms with Crippen molar-refractivity contribution >= 4 is 0 Å². The Labute approximate surface area is 130 Å². The van der Waals surface area contributed by atoms with Crippen molar-refractivity contribution in [2.75, 3.05) is 19.7 Å². The Bertz CT molecular complexity index is 672. The summed E-state index contributed by atoms with van der Waals surface area (Å²) in [5.41, 5.74) is -0.666. The van der Waals surface area contributed by atoms with Crippen molar-refractivity contribution in [1.82, 2.24) is 24.6 Å². The van der Waals surface area contributed by atoms with Gasteiger partial charge in [-0.3, -0.25) is 9.88 Å². The van der Waals surface area contributed by atoms with Crippen molar-refractivity contribution in [1.29, 1.82) is 0 Å². The summed E-state index contributed by atoms with van der Waals surface area (Å²) in [5, 5.41) is 7.81. The molecule has 3 rings (SSSR count). The first-order chi connectivity index (χ1) is 10.9. The molecule has 1 aliphatic rings. The van der Waals surface area contributed by atoms with Crippen molar-refractivity contribution in [3.8, 4) is 0 Å². The normalized spacial score (nSPS) is 19.9. The number of hydrogen-bond acceptors (Lipinski definition) is 5. The van der Waals surface area contributed by atoms with Gasteiger partial charge in [0.1, 0.15) is 12.4 Å². The first kappa shape index (κ1) is 15.9. The Morgan fingerprint density at radius 1 is 1.39 bits per heavy atom. The molecule has 0 saturated carbocycles. The lowest BCUT2D eigenvalue weighted by Gasteiger charge is -2.32. The van der Waals surface area contributed by atoms with Crippen LogP contribution in [0.3, 0.4) is 0 Å². The maximum Gasteiger partial charge on any atom is 0.418 e. The molecular formula is C14H16F3N5O. The Morgan fingerprint density at radius 2 is 2.22 bits per heavy atom. The quantitative estimate of drug-likeness (QED) is 0.860. The number of alkyl halides is 3. The highest BCUT2D eigenvalue weighted by Gasteiger charge is 2.35. The van der Waals surface area contributed by atoms with Gasteiger partial charge in [-0.15, -0.1) is 10.2 Å². The molecule has 1 fully saturated rings. The number of nitrogens with zero attached hydrogens (tertiary/aromatic N) is 5. The van der Waals surface area contributed by atoms with Gasteiger partial charge in [-0.2, -0.15) is 13.2 Å². The monoisotopic (exact) mass is 327 g/mol. The first-order valence-corrected chi connectivity index (χ1v) is 7.14. The summed E-state index contributed by atoms with van der Waals surface area (Å²) in [4.78, 5) is 5.80. The second kappa shape index (κ2) is 6.25. The van der Waals surface area contributed by atoms with E-state index in [1.165, 1.54) is 12.3 Å². The van der Waals surface area contributed by atoms with E-state index < -0.39 is 11.7 Å². The average molecular weight is 327 g/mol. The molecule has 0 unspecified atom stereocenters. The van der Waals surface area contributed by atoms with Gasteiger partial charge in [0, 0.05) is 32.9 Å². The maximum atomic E-state index is 13.1. The second-order valence-electron chi connectivity index (χ2n) is 5.39. The van der Waals surface area contributed by atoms with E-state index in [1.807, 2.05) is 4.90 Å². The lowest BCUT2D eigenvalue weighted by molar-refractivity contribution is -0.139. The molecule has 23 heavy (non-hydrogen) atoms. The van der Waals surface area contributed by atoms with E-state index in [-0.39, 0.29) is 18.3 Å². The molecule has 2 aromatic rings. The zero-order chi connectivity index (χ0) is 16.4. The fourth-order valence-electron chi connectivity index (χ4n) is 2.62. The van der Waals surface area contributed by atoms with E-state index in [0.717, 1.165) is 6.07 Å². The smallest absolute Gasteiger partial charge is 0.368 e. The number of ether oxygens (including phenoxy) is 1. The fraction of sp³-hybridized carbons (Fsp3) is 0.500. The molecule has 0 aliphatic carbocycles. The molecule has 2 aromatic heterocycles. The van der Waals surface area contributed by atoms with Crippen molar-refractivity contribution in [2.24, 2.45) is 7.05 Å². The molecule has 3 heterocycles. The van der Waals surface area contributed by atoms with E-state index in [2.05, 4.69) is 15.2 Å². The van der Waals surface area contributed by atoms with E-state index in [4.69, 9.17) is 4.74 Å². The van der Waals surface area contributed by atoms with Crippen molar-refractivity contribution in [2.45, 2.75) is 18.8 Å². The minimum absolute atomic E-state index is 0.0265. The minimum Gasteiger partial charge on any atom is -0.368 e. The Balaban J connectivity index is 1.75. The predicted molar refractivity (Wildman–Crippen MR) is 74.2 cm³/mol. The molecule has 0 spiro atoms. The van der Waals surface area contributed by atoms with Gasteiger partial charge in [-0.05, 0) is 12.1 Å². The van der Waals surface area contributed by atoms with Gasteiger partial charge in [-0.25, -0.2) is 0 Å². The van der Waals surface area contributed by atoms with Crippen molar-refractivity contribution in [3.05, 3.63) is 41.7 Å². The lowest BCUT2D eigenvalue weighted by atomic mass is 10.1. The fourth-order valence-corrected chi connectivity index (χ4v) is 2.62. The highest BCUT2D eigenvalue weighted by atomic mass is 19.4. The van der Waals surface area contributed by atoms with Gasteiger partial charge in [-0.1, -0.05) is 0 Å². The molecule has 1 aliphatic heterocycles. The summed E-state index contributed by atoms with van der Waals surface area (Å²) in [6, 6.07) is 2.36. The van der Waals surface area contributed by atoms with Crippen LogP contribution in [-0.2, 0) is 24.5 Å². The van der Waals surface area contributed by atoms with Gasteiger partial charge >= 0.3 is 6.18 Å². The molecule has 0 radical (unpaired) electrons. The van der Waals surface area contributed by atoms with E-state index in [9.17, 15) is 13.2 Å². The lowest BCUT2D eigenvalue weighted by Crippen LogP contribution is -2.39. The summed E-state index contributed by atoms with van der Waals surface area (Å²) in [7, 11) is 1.80. The maximum absolute atomic E-state index is 13.1. The van der Waals surface area contributed by atoms with Crippen LogP contribution in [-0.4, -0.2) is 44.3 Å². The number of aryl methyl sites for hydroxylation is 1. The van der Waals surface area contributed by atoms with Gasteiger partial charge in [0.05, 0.1) is 17.9 Å². The van der Waals surface area contributed by atoms with Gasteiger partial charge in [0.2, 0.25) is 0 Å². The van der Waals surface area contributed by atoms with Gasteiger partial charge in [0.25, 0.3) is 0 Å². The Hall–Kier alpha value is -2.00. The van der Waals surface area contributed by atoms with Crippen molar-refractivity contribution in [3.63, 3.8) is 0 Å². The van der Waals surface area contributed by atoms with Crippen LogP contribution in [0.4, 0.5) is 13.2 Å². The standard InChI is InChI=1S/C14H16F3N5O/c1-21-9-19-20-13(21)12-8-22(5-6-23-12)7-11-10(14(15,16)17)3-2-4-18-11/h2-4,9,12H,5-8H2,1H3/t12-/m0/s1. The summed E-state index contributed by atoms with van der Waals surface area (Å²) >= 11 is 0. The molecule has 0 bridgehead atoms. The van der Waals surface area contributed by atoms with E-state index in [1.54, 1.807) is 17.9 Å². The van der Waals surface area contributed by atoms with Crippen LogP contribution >= 0.6 is 0 Å². The Morgan fingerprint density at radius 3 is 2.91 bits per heavy atom. The first-order valence-electron chi connectivity index (χ1n) is 7.14. The number of halogens is 3. The average Bonchev–Trinajstić information content (AvgIpc) is 2.93. The molecule has 6 nitrogen and oxygen atoms in total. The summed E-state index contributed by atoms with van der Waals surface area (Å²) in [6.45, 7) is 1.53. The second-order valence-corrected chi connectivity index (χ2v) is 5.39. The zero-order valence-corrected chi connectivity index (χ0v) is 12.5. The summed E-state index contributed by atoms with van der Waals surface area (Å²) in [5.74, 6) is 0.659.